The van der Waals surface area contributed by atoms with E-state index in [0.717, 1.165) is 11.3 Å². The summed E-state index contributed by atoms with van der Waals surface area (Å²) in [5, 5.41) is 2.13. The molecule has 3 N–H and O–H groups in total. The number of thiazole rings is 1. The molecule has 0 saturated heterocycles. The number of nitrogens with one attached hydrogen (secondary N) is 1. The number of rotatable bonds is 5. The molecule has 6 heteroatoms. The number of aromatic nitrogens is 1. The lowest BCUT2D eigenvalue weighted by molar-refractivity contribution is 0.0953. The van der Waals surface area contributed by atoms with E-state index in [2.05, 4.69) is 30.3 Å². The van der Waals surface area contributed by atoms with Gasteiger partial charge in [0.15, 0.2) is 5.01 Å². The van der Waals surface area contributed by atoms with Crippen LogP contribution >= 0.6 is 11.3 Å². The van der Waals surface area contributed by atoms with Crippen molar-refractivity contribution < 1.29 is 9.53 Å². The second-order valence-corrected chi connectivity index (χ2v) is 6.00. The van der Waals surface area contributed by atoms with Crippen molar-refractivity contribution in [3.05, 3.63) is 45.4 Å². The third-order valence-electron chi connectivity index (χ3n) is 3.00. The molecule has 0 radical (unpaired) electrons. The Balaban J connectivity index is 2.06. The molecule has 0 spiro atoms. The Bertz CT molecular complexity index is 638. The zero-order chi connectivity index (χ0) is 15.4. The van der Waals surface area contributed by atoms with Crippen LogP contribution in [0.25, 0.3) is 0 Å². The Kier molecular flexibility index (Phi) is 4.93. The summed E-state index contributed by atoms with van der Waals surface area (Å²) >= 11 is 1.25. The van der Waals surface area contributed by atoms with Gasteiger partial charge in [-0.15, -0.1) is 11.3 Å². The minimum Gasteiger partial charge on any atom is -0.487 e. The molecule has 112 valence electrons. The topological polar surface area (TPSA) is 77.2 Å². The molecular weight excluding hydrogens is 286 g/mol. The van der Waals surface area contributed by atoms with Crippen molar-refractivity contribution in [2.45, 2.75) is 33.3 Å². The molecule has 0 aliphatic carbocycles. The van der Waals surface area contributed by atoms with Gasteiger partial charge in [-0.25, -0.2) is 10.8 Å². The van der Waals surface area contributed by atoms with Crippen LogP contribution in [-0.2, 0) is 6.61 Å². The van der Waals surface area contributed by atoms with Crippen molar-refractivity contribution in [3.8, 4) is 5.75 Å². The van der Waals surface area contributed by atoms with Gasteiger partial charge in [-0.3, -0.25) is 10.2 Å². The van der Waals surface area contributed by atoms with Gasteiger partial charge in [0, 0.05) is 5.38 Å². The molecule has 1 aromatic carbocycles. The fraction of sp³-hybridized carbons (Fsp3) is 0.333. The summed E-state index contributed by atoms with van der Waals surface area (Å²) in [5.41, 5.74) is 5.18. The number of hydrazine groups is 1. The van der Waals surface area contributed by atoms with Crippen LogP contribution in [-0.4, -0.2) is 10.9 Å². The van der Waals surface area contributed by atoms with Crippen molar-refractivity contribution in [3.63, 3.8) is 0 Å². The Morgan fingerprint density at radius 2 is 2.19 bits per heavy atom. The number of nitrogens with zero attached hydrogens (tertiary/aromatic N) is 1. The number of carbonyl (C=O) groups is 1. The lowest BCUT2D eigenvalue weighted by Gasteiger charge is -2.11. The molecule has 2 rings (SSSR count). The molecule has 0 atom stereocenters. The number of amides is 1. The standard InChI is InChI=1S/C15H19N3O2S/c1-9(2)11-4-10(3)5-13(6-11)20-7-12-8-21-15(17-12)14(19)18-16/h4-6,8-9H,7,16H2,1-3H3,(H,18,19). The minimum atomic E-state index is -0.385. The Morgan fingerprint density at radius 1 is 1.43 bits per heavy atom. The van der Waals surface area contributed by atoms with E-state index in [-0.39, 0.29) is 5.91 Å². The lowest BCUT2D eigenvalue weighted by atomic mass is 10.0. The maximum Gasteiger partial charge on any atom is 0.294 e. The highest BCUT2D eigenvalue weighted by Crippen LogP contribution is 2.23. The normalized spacial score (nSPS) is 10.7. The number of aryl methyl sites for hydroxylation is 1. The van der Waals surface area contributed by atoms with Crippen LogP contribution in [0.3, 0.4) is 0 Å². The maximum absolute atomic E-state index is 11.3. The van der Waals surface area contributed by atoms with Gasteiger partial charge >= 0.3 is 0 Å². The monoisotopic (exact) mass is 305 g/mol. The van der Waals surface area contributed by atoms with E-state index in [1.54, 1.807) is 5.38 Å². The van der Waals surface area contributed by atoms with Crippen molar-refractivity contribution in [1.82, 2.24) is 10.4 Å². The smallest absolute Gasteiger partial charge is 0.294 e. The quantitative estimate of drug-likeness (QED) is 0.506. The zero-order valence-corrected chi connectivity index (χ0v) is 13.2. The van der Waals surface area contributed by atoms with E-state index < -0.39 is 0 Å². The fourth-order valence-electron chi connectivity index (χ4n) is 1.89. The van der Waals surface area contributed by atoms with E-state index >= 15 is 0 Å². The number of hydrogen-bond acceptors (Lipinski definition) is 5. The van der Waals surface area contributed by atoms with Crippen molar-refractivity contribution in [2.24, 2.45) is 5.84 Å². The van der Waals surface area contributed by atoms with Crippen LogP contribution in [0.4, 0.5) is 0 Å². The average molecular weight is 305 g/mol. The zero-order valence-electron chi connectivity index (χ0n) is 12.3. The highest BCUT2D eigenvalue weighted by atomic mass is 32.1. The summed E-state index contributed by atoms with van der Waals surface area (Å²) in [4.78, 5) is 15.5. The Hall–Kier alpha value is -1.92. The van der Waals surface area contributed by atoms with Gasteiger partial charge in [0.05, 0.1) is 5.69 Å². The van der Waals surface area contributed by atoms with Crippen LogP contribution in [0.5, 0.6) is 5.75 Å². The number of nitrogen functional groups attached to an aromatic ring is 1. The highest BCUT2D eigenvalue weighted by Gasteiger charge is 2.10. The predicted octanol–water partition coefficient (Wildman–Crippen LogP) is 2.76. The van der Waals surface area contributed by atoms with Crippen LogP contribution in [0.2, 0.25) is 0 Å². The summed E-state index contributed by atoms with van der Waals surface area (Å²) in [6.45, 7) is 6.67. The molecule has 0 unspecified atom stereocenters. The Morgan fingerprint density at radius 3 is 2.86 bits per heavy atom. The third kappa shape index (κ3) is 4.03. The first-order valence-corrected chi connectivity index (χ1v) is 7.57. The van der Waals surface area contributed by atoms with Gasteiger partial charge in [0.2, 0.25) is 0 Å². The summed E-state index contributed by atoms with van der Waals surface area (Å²) in [5.74, 6) is 5.96. The lowest BCUT2D eigenvalue weighted by Crippen LogP contribution is -2.29. The maximum atomic E-state index is 11.3. The van der Waals surface area contributed by atoms with Crippen molar-refractivity contribution >= 4 is 17.2 Å². The second-order valence-electron chi connectivity index (χ2n) is 5.14. The van der Waals surface area contributed by atoms with E-state index in [4.69, 9.17) is 10.6 Å². The number of benzene rings is 1. The van der Waals surface area contributed by atoms with Gasteiger partial charge in [-0.05, 0) is 36.1 Å². The molecule has 21 heavy (non-hydrogen) atoms. The van der Waals surface area contributed by atoms with Crippen LogP contribution in [0.15, 0.2) is 23.6 Å². The largest absolute Gasteiger partial charge is 0.487 e. The second kappa shape index (κ2) is 6.69. The number of carbonyl (C=O) groups excluding carboxylic acids is 1. The molecule has 1 amide bonds. The third-order valence-corrected chi connectivity index (χ3v) is 3.89. The minimum absolute atomic E-state index is 0.329. The summed E-state index contributed by atoms with van der Waals surface area (Å²) in [6, 6.07) is 6.19. The molecule has 1 heterocycles. The first kappa shape index (κ1) is 15.5. The van der Waals surface area contributed by atoms with Gasteiger partial charge in [-0.2, -0.15) is 0 Å². The van der Waals surface area contributed by atoms with E-state index in [0.29, 0.717) is 23.2 Å². The molecule has 2 aromatic rings. The predicted molar refractivity (Wildman–Crippen MR) is 83.4 cm³/mol. The van der Waals surface area contributed by atoms with Gasteiger partial charge in [0.1, 0.15) is 12.4 Å². The van der Waals surface area contributed by atoms with Gasteiger partial charge < -0.3 is 4.74 Å². The first-order chi connectivity index (χ1) is 9.99. The van der Waals surface area contributed by atoms with Crippen LogP contribution in [0, 0.1) is 6.92 Å². The van der Waals surface area contributed by atoms with Crippen LogP contribution in [0.1, 0.15) is 46.4 Å². The number of ether oxygens (including phenoxy) is 1. The van der Waals surface area contributed by atoms with Crippen molar-refractivity contribution in [2.75, 3.05) is 0 Å². The summed E-state index contributed by atoms with van der Waals surface area (Å²) in [6.07, 6.45) is 0. The van der Waals surface area contributed by atoms with Gasteiger partial charge in [-0.1, -0.05) is 19.9 Å². The van der Waals surface area contributed by atoms with E-state index in [1.807, 2.05) is 19.1 Å². The van der Waals surface area contributed by atoms with Gasteiger partial charge in [0.25, 0.3) is 5.91 Å². The average Bonchev–Trinajstić information content (AvgIpc) is 2.92. The first-order valence-electron chi connectivity index (χ1n) is 6.69. The molecule has 0 aliphatic heterocycles. The summed E-state index contributed by atoms with van der Waals surface area (Å²) in [7, 11) is 0. The SMILES string of the molecule is Cc1cc(OCc2csc(C(=O)NN)n2)cc(C(C)C)c1. The molecular formula is C15H19N3O2S. The molecule has 5 nitrogen and oxygen atoms in total. The van der Waals surface area contributed by atoms with Crippen molar-refractivity contribution in [1.29, 1.82) is 0 Å². The fourth-order valence-corrected chi connectivity index (χ4v) is 2.59. The van der Waals surface area contributed by atoms with E-state index in [9.17, 15) is 4.79 Å². The van der Waals surface area contributed by atoms with E-state index in [1.165, 1.54) is 16.9 Å². The highest BCUT2D eigenvalue weighted by molar-refractivity contribution is 7.11. The molecule has 0 fully saturated rings. The molecule has 0 saturated carbocycles. The molecule has 0 bridgehead atoms. The Labute approximate surface area is 128 Å². The molecule has 1 aromatic heterocycles. The summed E-state index contributed by atoms with van der Waals surface area (Å²) < 4.78 is 5.77. The molecule has 0 aliphatic rings. The van der Waals surface area contributed by atoms with Crippen LogP contribution < -0.4 is 16.0 Å². The number of nitrogens with two attached hydrogens (primary N) is 1. The number of hydrogen-bond donors (Lipinski definition) is 2.